The lowest BCUT2D eigenvalue weighted by Gasteiger charge is -2.14. The molecule has 1 fully saturated rings. The van der Waals surface area contributed by atoms with E-state index in [1.165, 1.54) is 0 Å². The van der Waals surface area contributed by atoms with Gasteiger partial charge in [0.25, 0.3) is 0 Å². The highest BCUT2D eigenvalue weighted by molar-refractivity contribution is 5.01. The Morgan fingerprint density at radius 3 is 2.43 bits per heavy atom. The van der Waals surface area contributed by atoms with Crippen molar-refractivity contribution in [2.45, 2.75) is 24.6 Å². The lowest BCUT2D eigenvalue weighted by atomic mass is 10.3. The second kappa shape index (κ2) is 4.46. The highest BCUT2D eigenvalue weighted by Crippen LogP contribution is 2.34. The second-order valence-electron chi connectivity index (χ2n) is 3.53. The predicted octanol–water partition coefficient (Wildman–Crippen LogP) is 0.680. The van der Waals surface area contributed by atoms with Gasteiger partial charge in [0.15, 0.2) is 0 Å². The fraction of sp³-hybridized carbons (Fsp3) is 1.00. The first-order valence-electron chi connectivity index (χ1n) is 4.48. The van der Waals surface area contributed by atoms with Crippen molar-refractivity contribution in [3.63, 3.8) is 0 Å². The number of hydrogen-bond acceptors (Lipinski definition) is 3. The molecule has 0 radical (unpaired) electrons. The van der Waals surface area contributed by atoms with E-state index in [1.807, 2.05) is 0 Å². The largest absolute Gasteiger partial charge is 0.411 e. The van der Waals surface area contributed by atoms with Gasteiger partial charge in [0.1, 0.15) is 6.61 Å². The van der Waals surface area contributed by atoms with Crippen LogP contribution in [-0.2, 0) is 4.74 Å². The summed E-state index contributed by atoms with van der Waals surface area (Å²) in [5.74, 6) is 0. The Morgan fingerprint density at radius 1 is 1.36 bits per heavy atom. The Labute approximate surface area is 80.2 Å². The number of ether oxygens (including phenoxy) is 1. The maximum absolute atomic E-state index is 11.6. The average molecular weight is 213 g/mol. The van der Waals surface area contributed by atoms with Gasteiger partial charge in [-0.2, -0.15) is 13.2 Å². The van der Waals surface area contributed by atoms with Crippen LogP contribution in [0.25, 0.3) is 0 Å². The molecular weight excluding hydrogens is 199 g/mol. The SMILES string of the molecule is OCC1(NCCOCC(F)(F)F)CC1. The number of aliphatic hydroxyl groups is 1. The molecule has 3 nitrogen and oxygen atoms in total. The minimum atomic E-state index is -4.26. The zero-order valence-electron chi connectivity index (χ0n) is 7.73. The van der Waals surface area contributed by atoms with Crippen LogP contribution in [0.3, 0.4) is 0 Å². The van der Waals surface area contributed by atoms with Crippen LogP contribution < -0.4 is 5.32 Å². The maximum atomic E-state index is 11.6. The van der Waals surface area contributed by atoms with Gasteiger partial charge in [0.2, 0.25) is 0 Å². The minimum absolute atomic E-state index is 0.0151. The van der Waals surface area contributed by atoms with Crippen LogP contribution in [0.2, 0.25) is 0 Å². The Bertz CT molecular complexity index is 180. The van der Waals surface area contributed by atoms with Gasteiger partial charge in [-0.1, -0.05) is 0 Å². The highest BCUT2D eigenvalue weighted by Gasteiger charge is 2.41. The molecule has 0 bridgehead atoms. The highest BCUT2D eigenvalue weighted by atomic mass is 19.4. The van der Waals surface area contributed by atoms with E-state index in [2.05, 4.69) is 10.1 Å². The molecular formula is C8H14F3NO2. The number of nitrogens with one attached hydrogen (secondary N) is 1. The van der Waals surface area contributed by atoms with Crippen LogP contribution in [0.15, 0.2) is 0 Å². The molecule has 0 spiro atoms. The molecule has 1 rings (SSSR count). The summed E-state index contributed by atoms with van der Waals surface area (Å²) in [5, 5.41) is 11.8. The number of hydrogen-bond donors (Lipinski definition) is 2. The van der Waals surface area contributed by atoms with E-state index in [-0.39, 0.29) is 18.8 Å². The van der Waals surface area contributed by atoms with Crippen LogP contribution in [-0.4, -0.2) is 43.2 Å². The monoisotopic (exact) mass is 213 g/mol. The van der Waals surface area contributed by atoms with Crippen LogP contribution in [0.4, 0.5) is 13.2 Å². The lowest BCUT2D eigenvalue weighted by Crippen LogP contribution is -2.37. The predicted molar refractivity (Wildman–Crippen MR) is 43.9 cm³/mol. The van der Waals surface area contributed by atoms with Crippen LogP contribution in [0.5, 0.6) is 0 Å². The number of rotatable bonds is 6. The summed E-state index contributed by atoms with van der Waals surface area (Å²) < 4.78 is 39.2. The molecule has 84 valence electrons. The third kappa shape index (κ3) is 4.26. The number of aliphatic hydroxyl groups excluding tert-OH is 1. The molecule has 0 atom stereocenters. The molecule has 0 unspecified atom stereocenters. The van der Waals surface area contributed by atoms with Crippen LogP contribution >= 0.6 is 0 Å². The zero-order valence-corrected chi connectivity index (χ0v) is 7.73. The van der Waals surface area contributed by atoms with Crippen molar-refractivity contribution in [3.05, 3.63) is 0 Å². The summed E-state index contributed by atoms with van der Waals surface area (Å²) in [6.07, 6.45) is -2.50. The number of alkyl halides is 3. The third-order valence-corrected chi connectivity index (χ3v) is 2.17. The normalized spacial score (nSPS) is 19.7. The van der Waals surface area contributed by atoms with Gasteiger partial charge >= 0.3 is 6.18 Å². The van der Waals surface area contributed by atoms with Gasteiger partial charge in [-0.25, -0.2) is 0 Å². The van der Waals surface area contributed by atoms with Crippen LogP contribution in [0, 0.1) is 0 Å². The summed E-state index contributed by atoms with van der Waals surface area (Å²) in [5.41, 5.74) is -0.235. The molecule has 0 aromatic rings. The van der Waals surface area contributed by atoms with Gasteiger partial charge in [-0.3, -0.25) is 0 Å². The molecule has 0 aromatic heterocycles. The summed E-state index contributed by atoms with van der Waals surface area (Å²) >= 11 is 0. The Hall–Kier alpha value is -0.330. The molecule has 2 N–H and O–H groups in total. The van der Waals surface area contributed by atoms with Gasteiger partial charge < -0.3 is 15.2 Å². The van der Waals surface area contributed by atoms with Gasteiger partial charge in [-0.15, -0.1) is 0 Å². The quantitative estimate of drug-likeness (QED) is 0.637. The third-order valence-electron chi connectivity index (χ3n) is 2.17. The van der Waals surface area contributed by atoms with Crippen molar-refractivity contribution in [1.29, 1.82) is 0 Å². The standard InChI is InChI=1S/C8H14F3NO2/c9-8(10,11)6-14-4-3-12-7(5-13)1-2-7/h12-13H,1-6H2. The van der Waals surface area contributed by atoms with Gasteiger partial charge in [0, 0.05) is 12.1 Å². The first-order valence-corrected chi connectivity index (χ1v) is 4.48. The van der Waals surface area contributed by atoms with E-state index in [0.717, 1.165) is 12.8 Å². The van der Waals surface area contributed by atoms with Crippen LogP contribution in [0.1, 0.15) is 12.8 Å². The molecule has 0 aromatic carbocycles. The molecule has 6 heteroatoms. The van der Waals surface area contributed by atoms with Gasteiger partial charge in [-0.05, 0) is 12.8 Å². The Balaban J connectivity index is 1.95. The summed E-state index contributed by atoms with van der Waals surface area (Å²) in [6.45, 7) is -0.815. The maximum Gasteiger partial charge on any atom is 0.411 e. The van der Waals surface area contributed by atoms with Crippen molar-refractivity contribution in [2.24, 2.45) is 0 Å². The fourth-order valence-electron chi connectivity index (χ4n) is 1.12. The topological polar surface area (TPSA) is 41.5 Å². The van der Waals surface area contributed by atoms with Crippen molar-refractivity contribution >= 4 is 0 Å². The lowest BCUT2D eigenvalue weighted by molar-refractivity contribution is -0.173. The zero-order chi connectivity index (χ0) is 10.7. The van der Waals surface area contributed by atoms with E-state index >= 15 is 0 Å². The van der Waals surface area contributed by atoms with E-state index in [9.17, 15) is 13.2 Å². The molecule has 0 amide bonds. The first kappa shape index (κ1) is 11.7. The van der Waals surface area contributed by atoms with E-state index in [1.54, 1.807) is 0 Å². The van der Waals surface area contributed by atoms with Crippen molar-refractivity contribution < 1.29 is 23.0 Å². The van der Waals surface area contributed by atoms with Gasteiger partial charge in [0.05, 0.1) is 13.2 Å². The summed E-state index contributed by atoms with van der Waals surface area (Å²) in [6, 6.07) is 0. The van der Waals surface area contributed by atoms with Crippen molar-refractivity contribution in [1.82, 2.24) is 5.32 Å². The van der Waals surface area contributed by atoms with E-state index in [0.29, 0.717) is 6.54 Å². The van der Waals surface area contributed by atoms with Crippen molar-refractivity contribution in [3.8, 4) is 0 Å². The van der Waals surface area contributed by atoms with Crippen molar-refractivity contribution in [2.75, 3.05) is 26.4 Å². The second-order valence-corrected chi connectivity index (χ2v) is 3.53. The summed E-state index contributed by atoms with van der Waals surface area (Å²) in [7, 11) is 0. The molecule has 1 aliphatic rings. The van der Waals surface area contributed by atoms with E-state index in [4.69, 9.17) is 5.11 Å². The Morgan fingerprint density at radius 2 is 2.00 bits per heavy atom. The smallest absolute Gasteiger partial charge is 0.394 e. The molecule has 0 heterocycles. The average Bonchev–Trinajstić information content (AvgIpc) is 2.83. The first-order chi connectivity index (χ1) is 6.47. The van der Waals surface area contributed by atoms with E-state index < -0.39 is 12.8 Å². The fourth-order valence-corrected chi connectivity index (χ4v) is 1.12. The number of halogens is 3. The molecule has 14 heavy (non-hydrogen) atoms. The Kier molecular flexibility index (Phi) is 3.74. The molecule has 1 saturated carbocycles. The molecule has 0 aliphatic heterocycles. The summed E-state index contributed by atoms with van der Waals surface area (Å²) in [4.78, 5) is 0. The molecule has 1 aliphatic carbocycles. The minimum Gasteiger partial charge on any atom is -0.394 e. The molecule has 0 saturated heterocycles.